The predicted octanol–water partition coefficient (Wildman–Crippen LogP) is -20.6. The normalized spacial score (nSPS) is 4.15. The van der Waals surface area contributed by atoms with Crippen LogP contribution in [0.4, 0.5) is 0 Å². The van der Waals surface area contributed by atoms with Gasteiger partial charge in [0.05, 0.1) is 0 Å². The molecule has 0 aliphatic carbocycles. The molecule has 20 nitrogen and oxygen atoms in total. The maximum atomic E-state index is 7.17. The minimum Gasteiger partial charge on any atom is -1.00 e. The number of rotatable bonds is 0. The van der Waals surface area contributed by atoms with Gasteiger partial charge in [0, 0.05) is 0 Å². The van der Waals surface area contributed by atoms with Crippen LogP contribution in [0.25, 0.3) is 0 Å². The quantitative estimate of drug-likeness (QED) is 0.156. The maximum Gasteiger partial charge on any atom is 1.00 e. The zero-order valence-corrected chi connectivity index (χ0v) is 17.7. The second-order valence-corrected chi connectivity index (χ2v) is 1.39. The summed E-state index contributed by atoms with van der Waals surface area (Å²) in [6.45, 7) is 0. The van der Waals surface area contributed by atoms with Crippen LogP contribution in [-0.2, 0) is 0 Å². The van der Waals surface area contributed by atoms with E-state index in [1.165, 1.54) is 0 Å². The summed E-state index contributed by atoms with van der Waals surface area (Å²) in [5.74, 6) is 0. The van der Waals surface area contributed by atoms with E-state index < -0.39 is 29.3 Å². The zero-order chi connectivity index (χ0) is 14.3. The van der Waals surface area contributed by atoms with Gasteiger partial charge in [0.2, 0.25) is 0 Å². The molecule has 0 aliphatic rings. The Kier molecular flexibility index (Phi) is 386. The van der Waals surface area contributed by atoms with Crippen molar-refractivity contribution in [3.8, 4) is 0 Å². The summed E-state index contributed by atoms with van der Waals surface area (Å²) in [6, 6.07) is 0. The van der Waals surface area contributed by atoms with Crippen LogP contribution in [0.1, 0.15) is 2.85 Å². The second kappa shape index (κ2) is 94.7. The maximum absolute atomic E-state index is 7.17. The van der Waals surface area contributed by atoms with Gasteiger partial charge in [0.15, 0.2) is 0 Å². The van der Waals surface area contributed by atoms with Gasteiger partial charge in [-0.1, -0.05) is 0 Å². The standard InChI is InChI=1S/4BH3O3.2Na.8H2O.2H/c4*2-1(3)4;;;;;;;;;;;;/h4*2-4H;;;8*1H2;;/q;;;;2*+1;;;;;;;;;2*-1. The zero-order valence-electron chi connectivity index (χ0n) is 15.7. The molecule has 0 aliphatic heterocycles. The molecule has 26 heteroatoms. The first-order chi connectivity index (χ1) is 6.93. The third kappa shape index (κ3) is 7150. The Morgan fingerprint density at radius 2 is 0.269 bits per heavy atom. The fraction of sp³-hybridized carbons (Fsp3) is 0. The van der Waals surface area contributed by atoms with Crippen LogP contribution in [0.2, 0.25) is 0 Å². The van der Waals surface area contributed by atoms with Gasteiger partial charge < -0.3 is 107 Å². The molecular formula is H30B4Na2O20. The van der Waals surface area contributed by atoms with Gasteiger partial charge in [-0.25, -0.2) is 0 Å². The molecule has 0 unspecified atom stereocenters. The van der Waals surface area contributed by atoms with Crippen LogP contribution in [0.5, 0.6) is 0 Å². The second-order valence-electron chi connectivity index (χ2n) is 1.39. The topological polar surface area (TPSA) is 495 Å². The van der Waals surface area contributed by atoms with Crippen molar-refractivity contribution in [2.75, 3.05) is 0 Å². The van der Waals surface area contributed by atoms with Crippen molar-refractivity contribution in [3.63, 3.8) is 0 Å². The summed E-state index contributed by atoms with van der Waals surface area (Å²) in [7, 11) is -8.67. The van der Waals surface area contributed by atoms with Gasteiger partial charge in [0.1, 0.15) is 0 Å². The fourth-order valence-electron chi connectivity index (χ4n) is 0. The van der Waals surface area contributed by atoms with E-state index >= 15 is 0 Å². The van der Waals surface area contributed by atoms with Gasteiger partial charge in [-0.05, 0) is 0 Å². The van der Waals surface area contributed by atoms with Crippen LogP contribution in [0.3, 0.4) is 0 Å². The first-order valence-corrected chi connectivity index (χ1v) is 3.10. The van der Waals surface area contributed by atoms with E-state index in [0.29, 0.717) is 0 Å². The van der Waals surface area contributed by atoms with Crippen LogP contribution in [0.15, 0.2) is 0 Å². The molecule has 0 saturated heterocycles. The molecule has 164 valence electrons. The van der Waals surface area contributed by atoms with Crippen molar-refractivity contribution in [3.05, 3.63) is 0 Å². The van der Waals surface area contributed by atoms with Crippen LogP contribution in [-0.4, -0.2) is 133 Å². The van der Waals surface area contributed by atoms with E-state index in [2.05, 4.69) is 0 Å². The molecular weight excluding hydrogens is 409 g/mol. The Morgan fingerprint density at radius 1 is 0.269 bits per heavy atom. The Labute approximate surface area is 194 Å². The summed E-state index contributed by atoms with van der Waals surface area (Å²) in [5.41, 5.74) is 0. The van der Waals surface area contributed by atoms with Gasteiger partial charge >= 0.3 is 88.4 Å². The van der Waals surface area contributed by atoms with E-state index in [1.54, 1.807) is 0 Å². The van der Waals surface area contributed by atoms with E-state index in [0.717, 1.165) is 0 Å². The third-order valence-corrected chi connectivity index (χ3v) is 0. The third-order valence-electron chi connectivity index (χ3n) is 0. The molecule has 0 atom stereocenters. The summed E-state index contributed by atoms with van der Waals surface area (Å²) >= 11 is 0. The molecule has 0 rings (SSSR count). The van der Waals surface area contributed by atoms with Gasteiger partial charge in [-0.15, -0.1) is 0 Å². The molecule has 0 saturated carbocycles. The van der Waals surface area contributed by atoms with Crippen LogP contribution >= 0.6 is 0 Å². The van der Waals surface area contributed by atoms with Crippen molar-refractivity contribution < 1.29 is 166 Å². The Balaban J connectivity index is -0.00000000429. The van der Waals surface area contributed by atoms with Crippen molar-refractivity contribution in [2.24, 2.45) is 0 Å². The largest absolute Gasteiger partial charge is 1.00 e. The molecule has 0 aromatic carbocycles. The Hall–Kier alpha value is 1.46. The van der Waals surface area contributed by atoms with Gasteiger partial charge in [-0.2, -0.15) is 0 Å². The van der Waals surface area contributed by atoms with Crippen LogP contribution < -0.4 is 59.1 Å². The van der Waals surface area contributed by atoms with Crippen LogP contribution in [0, 0.1) is 0 Å². The summed E-state index contributed by atoms with van der Waals surface area (Å²) in [6.07, 6.45) is 0. The monoisotopic (exact) mass is 440 g/mol. The van der Waals surface area contributed by atoms with E-state index in [1.807, 2.05) is 0 Å². The van der Waals surface area contributed by atoms with E-state index in [9.17, 15) is 0 Å². The molecule has 0 aromatic heterocycles. The molecule has 0 heterocycles. The van der Waals surface area contributed by atoms with Crippen molar-refractivity contribution in [2.45, 2.75) is 0 Å². The number of hydrogen-bond donors (Lipinski definition) is 12. The average Bonchev–Trinajstić information content (AvgIpc) is 1.76. The number of hydrogen-bond acceptors (Lipinski definition) is 12. The molecule has 0 amide bonds. The molecule has 0 spiro atoms. The molecule has 26 heavy (non-hydrogen) atoms. The minimum absolute atomic E-state index is 0. The summed E-state index contributed by atoms with van der Waals surface area (Å²) in [5, 5.41) is 86.0. The van der Waals surface area contributed by atoms with Crippen molar-refractivity contribution in [1.29, 1.82) is 0 Å². The Morgan fingerprint density at radius 3 is 0.269 bits per heavy atom. The molecule has 0 radical (unpaired) electrons. The van der Waals surface area contributed by atoms with E-state index in [4.69, 9.17) is 60.3 Å². The SMILES string of the molecule is O.O.O.O.O.O.O.O.OB(O)O.OB(O)O.OB(O)O.OB(O)O.[H-].[H-].[Na+].[Na+]. The first-order valence-electron chi connectivity index (χ1n) is 3.10. The molecule has 0 fully saturated rings. The average molecular weight is 439 g/mol. The molecule has 0 bridgehead atoms. The predicted molar refractivity (Wildman–Crippen MR) is 80.8 cm³/mol. The van der Waals surface area contributed by atoms with Gasteiger partial charge in [0.25, 0.3) is 0 Å². The van der Waals surface area contributed by atoms with Crippen molar-refractivity contribution >= 4 is 29.3 Å². The smallest absolute Gasteiger partial charge is 1.00 e. The summed E-state index contributed by atoms with van der Waals surface area (Å²) in [4.78, 5) is 0. The molecule has 28 N–H and O–H groups in total. The molecule has 0 aromatic rings. The minimum atomic E-state index is -2.17. The Bertz CT molecular complexity index is 79.2. The first kappa shape index (κ1) is 106. The fourth-order valence-corrected chi connectivity index (χ4v) is 0. The van der Waals surface area contributed by atoms with Crippen molar-refractivity contribution in [1.82, 2.24) is 0 Å². The van der Waals surface area contributed by atoms with Gasteiger partial charge in [-0.3, -0.25) is 0 Å². The summed E-state index contributed by atoms with van der Waals surface area (Å²) < 4.78 is 0. The van der Waals surface area contributed by atoms with E-state index in [-0.39, 0.29) is 106 Å².